The molecule has 6 nitrogen and oxygen atoms in total. The fourth-order valence-electron chi connectivity index (χ4n) is 2.32. The van der Waals surface area contributed by atoms with Gasteiger partial charge >= 0.3 is 6.18 Å². The van der Waals surface area contributed by atoms with Crippen molar-refractivity contribution in [2.45, 2.75) is 32.4 Å². The van der Waals surface area contributed by atoms with Crippen molar-refractivity contribution in [1.82, 2.24) is 29.9 Å². The van der Waals surface area contributed by atoms with Gasteiger partial charge in [-0.15, -0.1) is 6.07 Å². The van der Waals surface area contributed by atoms with Gasteiger partial charge in [0.25, 0.3) is 0 Å². The van der Waals surface area contributed by atoms with Crippen LogP contribution in [-0.2, 0) is 31.7 Å². The molecule has 1 radical (unpaired) electrons. The Bertz CT molecular complexity index is 982. The van der Waals surface area contributed by atoms with Crippen LogP contribution in [0.4, 0.5) is 13.2 Å². The number of alkyl halides is 3. The van der Waals surface area contributed by atoms with Crippen LogP contribution in [0, 0.1) is 6.20 Å². The van der Waals surface area contributed by atoms with Crippen LogP contribution >= 0.6 is 0 Å². The van der Waals surface area contributed by atoms with Crippen molar-refractivity contribution in [2.75, 3.05) is 0 Å². The van der Waals surface area contributed by atoms with Gasteiger partial charge in [-0.3, -0.25) is 10.1 Å². The van der Waals surface area contributed by atoms with E-state index >= 15 is 0 Å². The van der Waals surface area contributed by atoms with Crippen LogP contribution in [0.1, 0.15) is 32.2 Å². The van der Waals surface area contributed by atoms with E-state index in [2.05, 4.69) is 52.2 Å². The molecule has 165 valence electrons. The van der Waals surface area contributed by atoms with Crippen LogP contribution in [-0.4, -0.2) is 24.8 Å². The summed E-state index contributed by atoms with van der Waals surface area (Å²) in [5.41, 5.74) is 1.79. The van der Waals surface area contributed by atoms with Crippen LogP contribution in [0.25, 0.3) is 17.2 Å². The minimum Gasteiger partial charge on any atom is -0.573 e. The number of nitrogens with zero attached hydrogens (tertiary/aromatic N) is 6. The molecule has 0 saturated carbocycles. The maximum atomic E-state index is 12.2. The fraction of sp³-hybridized carbons (Fsp3) is 0.238. The molecule has 31 heavy (non-hydrogen) atoms. The molecule has 0 aliphatic heterocycles. The van der Waals surface area contributed by atoms with Gasteiger partial charge in [0, 0.05) is 49.3 Å². The van der Waals surface area contributed by atoms with Gasteiger partial charge in [0.05, 0.1) is 11.5 Å². The zero-order valence-electron chi connectivity index (χ0n) is 16.9. The zero-order valence-corrected chi connectivity index (χ0v) is 19.3. The summed E-state index contributed by atoms with van der Waals surface area (Å²) in [6, 6.07) is 13.4. The molecule has 4 aromatic rings. The summed E-state index contributed by atoms with van der Waals surface area (Å²) in [4.78, 5) is 8.09. The minimum atomic E-state index is -4.45. The van der Waals surface area contributed by atoms with Gasteiger partial charge in [-0.1, -0.05) is 56.9 Å². The Hall–Kier alpha value is -2.84. The monoisotopic (exact) mass is 605 g/mol. The summed E-state index contributed by atoms with van der Waals surface area (Å²) in [7, 11) is 0. The average molecular weight is 605 g/mol. The van der Waals surface area contributed by atoms with E-state index in [4.69, 9.17) is 0 Å². The van der Waals surface area contributed by atoms with Gasteiger partial charge < -0.3 is 19.9 Å². The van der Waals surface area contributed by atoms with Gasteiger partial charge in [0.15, 0.2) is 0 Å². The van der Waals surface area contributed by atoms with E-state index in [1.54, 1.807) is 24.4 Å². The van der Waals surface area contributed by atoms with Crippen molar-refractivity contribution < 1.29 is 33.3 Å². The second kappa shape index (κ2) is 9.98. The Morgan fingerprint density at radius 3 is 2.10 bits per heavy atom. The topological polar surface area (TPSA) is 70.6 Å². The van der Waals surface area contributed by atoms with Crippen LogP contribution in [0.2, 0.25) is 0 Å². The van der Waals surface area contributed by atoms with Gasteiger partial charge in [-0.25, -0.2) is 0 Å². The quantitative estimate of drug-likeness (QED) is 0.316. The van der Waals surface area contributed by atoms with E-state index in [-0.39, 0.29) is 25.5 Å². The van der Waals surface area contributed by atoms with Crippen molar-refractivity contribution in [2.24, 2.45) is 0 Å². The van der Waals surface area contributed by atoms with E-state index in [0.29, 0.717) is 5.82 Å². The Kier molecular flexibility index (Phi) is 7.86. The molecule has 4 heterocycles. The fourth-order valence-corrected chi connectivity index (χ4v) is 2.32. The third kappa shape index (κ3) is 6.57. The first-order valence-electron chi connectivity index (χ1n) is 9.03. The molecule has 0 spiro atoms. The van der Waals surface area contributed by atoms with Gasteiger partial charge in [0.2, 0.25) is 0 Å². The van der Waals surface area contributed by atoms with E-state index in [1.165, 1.54) is 6.20 Å². The van der Waals surface area contributed by atoms with E-state index in [0.717, 1.165) is 27.8 Å². The van der Waals surface area contributed by atoms with Crippen molar-refractivity contribution >= 4 is 0 Å². The number of aromatic nitrogens is 6. The number of hydrogen-bond donors (Lipinski definition) is 0. The SMILES string of the molecule is CC(C)(C)c1cc(-c2ccccn2)[n-]n1.FC(F)(F)c1c[c-]n(-c2ccccn2)n1.[Ir]. The number of hydrogen-bond acceptors (Lipinski definition) is 4. The van der Waals surface area contributed by atoms with Crippen LogP contribution in [0.5, 0.6) is 0 Å². The Balaban J connectivity index is 0.000000213. The molecule has 10 heteroatoms. The second-order valence-corrected chi connectivity index (χ2v) is 7.34. The molecule has 0 amide bonds. The zero-order chi connectivity index (χ0) is 21.8. The first kappa shape index (κ1) is 24.4. The molecular formula is C21H19F3IrN6-2. The molecule has 4 aromatic heterocycles. The average Bonchev–Trinajstić information content (AvgIpc) is 3.40. The first-order chi connectivity index (χ1) is 14.1. The number of rotatable bonds is 2. The second-order valence-electron chi connectivity index (χ2n) is 7.34. The maximum Gasteiger partial charge on any atom is 0.388 e. The van der Waals surface area contributed by atoms with E-state index in [9.17, 15) is 13.2 Å². The predicted molar refractivity (Wildman–Crippen MR) is 105 cm³/mol. The molecule has 0 aliphatic carbocycles. The summed E-state index contributed by atoms with van der Waals surface area (Å²) in [5.74, 6) is 0.299. The molecule has 0 fully saturated rings. The van der Waals surface area contributed by atoms with Crippen LogP contribution in [0.3, 0.4) is 0 Å². The third-order valence-corrected chi connectivity index (χ3v) is 3.92. The molecule has 0 bridgehead atoms. The summed E-state index contributed by atoms with van der Waals surface area (Å²) >= 11 is 0. The molecule has 0 atom stereocenters. The Morgan fingerprint density at radius 1 is 0.935 bits per heavy atom. The van der Waals surface area contributed by atoms with Crippen molar-refractivity contribution in [1.29, 1.82) is 0 Å². The smallest absolute Gasteiger partial charge is 0.388 e. The normalized spacial score (nSPS) is 11.3. The summed E-state index contributed by atoms with van der Waals surface area (Å²) < 4.78 is 37.6. The largest absolute Gasteiger partial charge is 0.573 e. The molecule has 4 rings (SSSR count). The van der Waals surface area contributed by atoms with E-state index < -0.39 is 11.9 Å². The van der Waals surface area contributed by atoms with Crippen LogP contribution in [0.15, 0.2) is 60.9 Å². The Morgan fingerprint density at radius 2 is 1.61 bits per heavy atom. The molecule has 0 aromatic carbocycles. The van der Waals surface area contributed by atoms with Gasteiger partial charge in [0.1, 0.15) is 0 Å². The molecular weight excluding hydrogens is 585 g/mol. The van der Waals surface area contributed by atoms with Gasteiger partial charge in [-0.2, -0.15) is 13.2 Å². The van der Waals surface area contributed by atoms with Gasteiger partial charge in [-0.05, 0) is 18.2 Å². The first-order valence-corrected chi connectivity index (χ1v) is 9.03. The van der Waals surface area contributed by atoms with E-state index in [1.807, 2.05) is 24.3 Å². The summed E-state index contributed by atoms with van der Waals surface area (Å²) in [6.07, 6.45) is 1.14. The van der Waals surface area contributed by atoms with Crippen molar-refractivity contribution in [3.8, 4) is 17.2 Å². The Labute approximate surface area is 191 Å². The van der Waals surface area contributed by atoms with Crippen molar-refractivity contribution in [3.05, 3.63) is 78.5 Å². The summed E-state index contributed by atoms with van der Waals surface area (Å²) in [5, 5.41) is 11.6. The molecule has 0 saturated heterocycles. The van der Waals surface area contributed by atoms with Crippen LogP contribution < -0.4 is 5.10 Å². The minimum absolute atomic E-state index is 0. The molecule has 0 unspecified atom stereocenters. The predicted octanol–water partition coefficient (Wildman–Crippen LogP) is 4.48. The number of halogens is 3. The molecule has 0 aliphatic rings. The molecule has 0 N–H and O–H groups in total. The third-order valence-electron chi connectivity index (χ3n) is 3.92. The summed E-state index contributed by atoms with van der Waals surface area (Å²) in [6.45, 7) is 6.37. The standard InChI is InChI=1S/C12H14N3.C9H5F3N3.Ir/c1-12(2,3)11-8-10(14-15-11)9-6-4-5-7-13-9;10-9(11,12)7-4-6-15(14-7)8-3-1-2-5-13-8;/h4-8H,1-3H3;1-5H;/q2*-1;. The maximum absolute atomic E-state index is 12.2. The van der Waals surface area contributed by atoms with Crippen molar-refractivity contribution in [3.63, 3.8) is 0 Å². The number of pyridine rings is 2.